The second-order valence-electron chi connectivity index (χ2n) is 5.62. The molecule has 6 heteroatoms. The van der Waals surface area contributed by atoms with Crippen LogP contribution in [0.4, 0.5) is 0 Å². The van der Waals surface area contributed by atoms with Crippen molar-refractivity contribution in [3.8, 4) is 17.3 Å². The maximum atomic E-state index is 12.9. The lowest BCUT2D eigenvalue weighted by Crippen LogP contribution is -2.26. The van der Waals surface area contributed by atoms with E-state index in [1.54, 1.807) is 18.2 Å². The minimum absolute atomic E-state index is 0.0811. The van der Waals surface area contributed by atoms with Crippen molar-refractivity contribution in [3.63, 3.8) is 0 Å². The molecule has 0 fully saturated rings. The molecule has 6 nitrogen and oxygen atoms in total. The van der Waals surface area contributed by atoms with Crippen LogP contribution in [0, 0.1) is 13.8 Å². The van der Waals surface area contributed by atoms with E-state index in [9.17, 15) is 9.59 Å². The van der Waals surface area contributed by atoms with Gasteiger partial charge in [-0.1, -0.05) is 6.07 Å². The molecule has 2 heterocycles. The summed E-state index contributed by atoms with van der Waals surface area (Å²) in [6.07, 6.45) is 0.233. The molecule has 0 amide bonds. The zero-order chi connectivity index (χ0) is 17.4. The Kier molecular flexibility index (Phi) is 3.89. The lowest BCUT2D eigenvalue weighted by Gasteiger charge is -2.14. The molecular formula is C18H16O6. The van der Waals surface area contributed by atoms with Crippen LogP contribution in [0.3, 0.4) is 0 Å². The topological polar surface area (TPSA) is 89.9 Å². The number of aliphatic carboxylic acids is 1. The van der Waals surface area contributed by atoms with E-state index in [-0.39, 0.29) is 11.5 Å². The highest BCUT2D eigenvalue weighted by molar-refractivity contribution is 5.84. The Bertz CT molecular complexity index is 965. The summed E-state index contributed by atoms with van der Waals surface area (Å²) in [5.74, 6) is -0.975. The number of carboxylic acids is 1. The first-order valence-electron chi connectivity index (χ1n) is 7.40. The van der Waals surface area contributed by atoms with Gasteiger partial charge in [0.2, 0.25) is 16.9 Å². The molecule has 2 aromatic heterocycles. The van der Waals surface area contributed by atoms with Crippen molar-refractivity contribution in [1.82, 2.24) is 0 Å². The summed E-state index contributed by atoms with van der Waals surface area (Å²) in [4.78, 5) is 24.0. The molecule has 0 radical (unpaired) electrons. The lowest BCUT2D eigenvalue weighted by atomic mass is 10.1. The summed E-state index contributed by atoms with van der Waals surface area (Å²) in [5.41, 5.74) is 1.69. The number of hydrogen-bond donors (Lipinski definition) is 1. The molecule has 24 heavy (non-hydrogen) atoms. The van der Waals surface area contributed by atoms with Gasteiger partial charge < -0.3 is 18.7 Å². The fourth-order valence-electron chi connectivity index (χ4n) is 2.54. The van der Waals surface area contributed by atoms with Crippen LogP contribution in [0.1, 0.15) is 18.1 Å². The molecule has 0 saturated carbocycles. The number of ether oxygens (including phenoxy) is 1. The highest BCUT2D eigenvalue weighted by Gasteiger charge is 2.24. The van der Waals surface area contributed by atoms with E-state index in [1.807, 2.05) is 19.9 Å². The van der Waals surface area contributed by atoms with Crippen LogP contribution >= 0.6 is 0 Å². The minimum atomic E-state index is -1.20. The van der Waals surface area contributed by atoms with E-state index in [0.717, 1.165) is 11.1 Å². The lowest BCUT2D eigenvalue weighted by molar-refractivity contribution is -0.144. The van der Waals surface area contributed by atoms with Gasteiger partial charge in [0.1, 0.15) is 5.58 Å². The van der Waals surface area contributed by atoms with Gasteiger partial charge in [-0.3, -0.25) is 4.79 Å². The van der Waals surface area contributed by atoms with E-state index in [0.29, 0.717) is 16.7 Å². The smallest absolute Gasteiger partial charge is 0.344 e. The zero-order valence-electron chi connectivity index (χ0n) is 13.5. The first-order chi connectivity index (χ1) is 11.4. The number of carbonyl (C=O) groups is 1. The molecular weight excluding hydrogens is 312 g/mol. The molecule has 1 atom stereocenters. The van der Waals surface area contributed by atoms with Gasteiger partial charge in [-0.25, -0.2) is 4.79 Å². The molecule has 1 aromatic carbocycles. The molecule has 124 valence electrons. The molecule has 0 aliphatic rings. The van der Waals surface area contributed by atoms with Gasteiger partial charge in [0, 0.05) is 0 Å². The van der Waals surface area contributed by atoms with Crippen molar-refractivity contribution in [3.05, 3.63) is 51.9 Å². The SMILES string of the molecule is Cc1cc(C)c2oc(-c3ccco3)c(OC(C)C(=O)O)c(=O)c2c1. The maximum absolute atomic E-state index is 12.9. The van der Waals surface area contributed by atoms with E-state index in [2.05, 4.69) is 0 Å². The average molecular weight is 328 g/mol. The fourth-order valence-corrected chi connectivity index (χ4v) is 2.54. The summed E-state index contributed by atoms with van der Waals surface area (Å²) in [6.45, 7) is 5.05. The second-order valence-corrected chi connectivity index (χ2v) is 5.62. The van der Waals surface area contributed by atoms with Crippen LogP contribution in [0.15, 0.2) is 44.2 Å². The average Bonchev–Trinajstić information content (AvgIpc) is 3.04. The Morgan fingerprint density at radius 1 is 1.29 bits per heavy atom. The van der Waals surface area contributed by atoms with E-state index in [4.69, 9.17) is 18.7 Å². The first kappa shape index (κ1) is 15.9. The van der Waals surface area contributed by atoms with Gasteiger partial charge >= 0.3 is 5.97 Å². The highest BCUT2D eigenvalue weighted by Crippen LogP contribution is 2.33. The van der Waals surface area contributed by atoms with Gasteiger partial charge in [-0.15, -0.1) is 0 Å². The van der Waals surface area contributed by atoms with Gasteiger partial charge in [0.05, 0.1) is 11.6 Å². The predicted molar refractivity (Wildman–Crippen MR) is 87.4 cm³/mol. The van der Waals surface area contributed by atoms with E-state index >= 15 is 0 Å². The molecule has 1 unspecified atom stereocenters. The summed E-state index contributed by atoms with van der Waals surface area (Å²) in [5, 5.41) is 9.42. The molecule has 1 N–H and O–H groups in total. The predicted octanol–water partition coefficient (Wildman–Crippen LogP) is 3.52. The summed E-state index contributed by atoms with van der Waals surface area (Å²) < 4.78 is 16.6. The molecule has 0 spiro atoms. The molecule has 0 saturated heterocycles. The quantitative estimate of drug-likeness (QED) is 0.788. The Morgan fingerprint density at radius 2 is 2.04 bits per heavy atom. The third-order valence-electron chi connectivity index (χ3n) is 3.67. The maximum Gasteiger partial charge on any atom is 0.344 e. The van der Waals surface area contributed by atoms with Crippen molar-refractivity contribution in [2.75, 3.05) is 0 Å². The normalized spacial score (nSPS) is 12.3. The number of fused-ring (bicyclic) bond motifs is 1. The van der Waals surface area contributed by atoms with Gasteiger partial charge in [-0.2, -0.15) is 0 Å². The van der Waals surface area contributed by atoms with Crippen LogP contribution in [-0.4, -0.2) is 17.2 Å². The summed E-state index contributed by atoms with van der Waals surface area (Å²) in [6, 6.07) is 6.85. The van der Waals surface area contributed by atoms with Crippen molar-refractivity contribution in [2.24, 2.45) is 0 Å². The number of carboxylic acid groups (broad SMARTS) is 1. The number of rotatable bonds is 4. The fraction of sp³-hybridized carbons (Fsp3) is 0.222. The Balaban J connectivity index is 2.34. The minimum Gasteiger partial charge on any atom is -0.479 e. The molecule has 3 rings (SSSR count). The summed E-state index contributed by atoms with van der Waals surface area (Å²) >= 11 is 0. The van der Waals surface area contributed by atoms with Crippen LogP contribution in [0.5, 0.6) is 5.75 Å². The van der Waals surface area contributed by atoms with Gasteiger partial charge in [0.25, 0.3) is 0 Å². The van der Waals surface area contributed by atoms with E-state index < -0.39 is 17.5 Å². The molecule has 0 aliphatic heterocycles. The van der Waals surface area contributed by atoms with Crippen LogP contribution in [-0.2, 0) is 4.79 Å². The van der Waals surface area contributed by atoms with Gasteiger partial charge in [0.15, 0.2) is 11.9 Å². The number of hydrogen-bond acceptors (Lipinski definition) is 5. The number of benzene rings is 1. The van der Waals surface area contributed by atoms with E-state index in [1.165, 1.54) is 13.2 Å². The van der Waals surface area contributed by atoms with Crippen LogP contribution in [0.2, 0.25) is 0 Å². The Labute approximate surface area is 137 Å². The third-order valence-corrected chi connectivity index (χ3v) is 3.67. The summed E-state index contributed by atoms with van der Waals surface area (Å²) in [7, 11) is 0. The molecule has 3 aromatic rings. The van der Waals surface area contributed by atoms with Crippen molar-refractivity contribution >= 4 is 16.9 Å². The van der Waals surface area contributed by atoms with Gasteiger partial charge in [-0.05, 0) is 50.1 Å². The number of furan rings is 1. The second kappa shape index (κ2) is 5.88. The standard InChI is InChI=1S/C18H16O6/c1-9-7-10(2)15-12(8-9)14(19)17(23-11(3)18(20)21)16(24-15)13-5-4-6-22-13/h4-8,11H,1-3H3,(H,20,21). The monoisotopic (exact) mass is 328 g/mol. The van der Waals surface area contributed by atoms with Crippen molar-refractivity contribution < 1.29 is 23.5 Å². The van der Waals surface area contributed by atoms with Crippen LogP contribution < -0.4 is 10.2 Å². The Hall–Kier alpha value is -3.02. The largest absolute Gasteiger partial charge is 0.479 e. The van der Waals surface area contributed by atoms with Crippen molar-refractivity contribution in [1.29, 1.82) is 0 Å². The first-order valence-corrected chi connectivity index (χ1v) is 7.40. The van der Waals surface area contributed by atoms with Crippen LogP contribution in [0.25, 0.3) is 22.5 Å². The molecule has 0 bridgehead atoms. The van der Waals surface area contributed by atoms with Crippen molar-refractivity contribution in [2.45, 2.75) is 26.9 Å². The Morgan fingerprint density at radius 3 is 2.67 bits per heavy atom. The zero-order valence-corrected chi connectivity index (χ0v) is 13.5. The highest BCUT2D eigenvalue weighted by atomic mass is 16.5. The third kappa shape index (κ3) is 2.67. The number of aryl methyl sites for hydroxylation is 2. The molecule has 0 aliphatic carbocycles.